The van der Waals surface area contributed by atoms with Gasteiger partial charge in [0, 0.05) is 23.5 Å². The quantitative estimate of drug-likeness (QED) is 0.820. The first-order valence-corrected chi connectivity index (χ1v) is 7.17. The minimum absolute atomic E-state index is 0.343. The summed E-state index contributed by atoms with van der Waals surface area (Å²) in [5, 5.41) is 0.774. The number of hydrogen-bond donors (Lipinski definition) is 0. The summed E-state index contributed by atoms with van der Waals surface area (Å²) < 4.78 is 0. The molecule has 1 saturated carbocycles. The van der Waals surface area contributed by atoms with Gasteiger partial charge in [0.05, 0.1) is 0 Å². The molecule has 1 aliphatic heterocycles. The van der Waals surface area contributed by atoms with Gasteiger partial charge in [-0.25, -0.2) is 0 Å². The van der Waals surface area contributed by atoms with Gasteiger partial charge in [0.15, 0.2) is 0 Å². The summed E-state index contributed by atoms with van der Waals surface area (Å²) in [5.74, 6) is 0.738. The van der Waals surface area contributed by atoms with E-state index in [0.717, 1.165) is 43.7 Å². The summed E-state index contributed by atoms with van der Waals surface area (Å²) in [6, 6.07) is 8.40. The fourth-order valence-electron chi connectivity index (χ4n) is 2.80. The highest BCUT2D eigenvalue weighted by molar-refractivity contribution is 6.30. The lowest BCUT2D eigenvalue weighted by molar-refractivity contribution is -0.133. The lowest BCUT2D eigenvalue weighted by Crippen LogP contribution is -2.37. The molecule has 0 spiro atoms. The molecule has 3 heteroatoms. The van der Waals surface area contributed by atoms with Gasteiger partial charge in [-0.1, -0.05) is 23.7 Å². The zero-order valence-corrected chi connectivity index (χ0v) is 11.2. The Labute approximate surface area is 113 Å². The Kier molecular flexibility index (Phi) is 3.29. The number of rotatable bonds is 3. The fraction of sp³-hybridized carbons (Fsp3) is 0.533. The second kappa shape index (κ2) is 4.93. The summed E-state index contributed by atoms with van der Waals surface area (Å²) in [5.41, 5.74) is 1.28. The van der Waals surface area contributed by atoms with Gasteiger partial charge in [-0.2, -0.15) is 0 Å². The Morgan fingerprint density at radius 1 is 1.22 bits per heavy atom. The van der Waals surface area contributed by atoms with E-state index in [1.165, 1.54) is 5.56 Å². The van der Waals surface area contributed by atoms with Crippen molar-refractivity contribution in [1.82, 2.24) is 4.90 Å². The van der Waals surface area contributed by atoms with Crippen molar-refractivity contribution >= 4 is 17.5 Å². The average molecular weight is 264 g/mol. The van der Waals surface area contributed by atoms with Crippen LogP contribution in [0.4, 0.5) is 0 Å². The zero-order chi connectivity index (χ0) is 12.5. The molecule has 0 bridgehead atoms. The average Bonchev–Trinajstić information content (AvgIpc) is 3.12. The molecular weight excluding hydrogens is 246 g/mol. The van der Waals surface area contributed by atoms with Crippen LogP contribution < -0.4 is 0 Å². The van der Waals surface area contributed by atoms with Crippen molar-refractivity contribution in [1.29, 1.82) is 0 Å². The molecule has 1 aliphatic carbocycles. The third kappa shape index (κ3) is 2.54. The van der Waals surface area contributed by atoms with E-state index in [-0.39, 0.29) is 0 Å². The second-order valence-electron chi connectivity index (χ2n) is 5.43. The van der Waals surface area contributed by atoms with Gasteiger partial charge in [-0.05, 0) is 49.8 Å². The van der Waals surface area contributed by atoms with Gasteiger partial charge in [-0.15, -0.1) is 0 Å². The number of likely N-dealkylation sites (tertiary alicyclic amines) is 1. The van der Waals surface area contributed by atoms with E-state index in [0.29, 0.717) is 17.9 Å². The maximum absolute atomic E-state index is 12.2. The molecule has 2 nitrogen and oxygen atoms in total. The third-order valence-corrected chi connectivity index (χ3v) is 4.22. The van der Waals surface area contributed by atoms with Crippen LogP contribution in [-0.2, 0) is 11.2 Å². The van der Waals surface area contributed by atoms with Gasteiger partial charge < -0.3 is 4.90 Å². The summed E-state index contributed by atoms with van der Waals surface area (Å²) >= 11 is 5.89. The number of nitrogens with zero attached hydrogens (tertiary/aromatic N) is 1. The molecule has 3 rings (SSSR count). The van der Waals surface area contributed by atoms with E-state index in [2.05, 4.69) is 17.0 Å². The van der Waals surface area contributed by atoms with Crippen LogP contribution >= 0.6 is 11.6 Å². The van der Waals surface area contributed by atoms with Gasteiger partial charge in [0.25, 0.3) is 0 Å². The normalized spacial score (nSPS) is 23.4. The number of benzene rings is 1. The van der Waals surface area contributed by atoms with Crippen LogP contribution in [-0.4, -0.2) is 23.4 Å². The monoisotopic (exact) mass is 263 g/mol. The summed E-state index contributed by atoms with van der Waals surface area (Å²) in [6.07, 6.45) is 5.46. The maximum atomic E-state index is 12.2. The van der Waals surface area contributed by atoms with Gasteiger partial charge >= 0.3 is 0 Å². The molecular formula is C15H18ClNO. The number of hydrogen-bond acceptors (Lipinski definition) is 1. The lowest BCUT2D eigenvalue weighted by atomic mass is 10.0. The van der Waals surface area contributed by atoms with Crippen LogP contribution in [0.3, 0.4) is 0 Å². The summed E-state index contributed by atoms with van der Waals surface area (Å²) in [6.45, 7) is 0.952. The van der Waals surface area contributed by atoms with Crippen molar-refractivity contribution in [3.63, 3.8) is 0 Å². The first-order chi connectivity index (χ1) is 8.74. The first-order valence-electron chi connectivity index (χ1n) is 6.79. The van der Waals surface area contributed by atoms with Crippen LogP contribution in [0.2, 0.25) is 5.02 Å². The van der Waals surface area contributed by atoms with Gasteiger partial charge in [0.1, 0.15) is 0 Å². The summed E-state index contributed by atoms with van der Waals surface area (Å²) in [4.78, 5) is 14.3. The van der Waals surface area contributed by atoms with Crippen molar-refractivity contribution in [2.24, 2.45) is 5.92 Å². The van der Waals surface area contributed by atoms with E-state index < -0.39 is 0 Å². The molecule has 2 fully saturated rings. The molecule has 1 heterocycles. The molecule has 1 atom stereocenters. The largest absolute Gasteiger partial charge is 0.339 e. The van der Waals surface area contributed by atoms with Crippen LogP contribution in [0, 0.1) is 5.92 Å². The number of carbonyl (C=O) groups is 1. The minimum Gasteiger partial charge on any atom is -0.339 e. The molecule has 1 aromatic rings. The molecule has 96 valence electrons. The molecule has 18 heavy (non-hydrogen) atoms. The lowest BCUT2D eigenvalue weighted by Gasteiger charge is -2.25. The molecule has 1 amide bonds. The summed E-state index contributed by atoms with van der Waals surface area (Å²) in [7, 11) is 0. The van der Waals surface area contributed by atoms with Crippen molar-refractivity contribution < 1.29 is 4.79 Å². The SMILES string of the molecule is O=C(C1CC1)N1CCCC1Cc1ccc(Cl)cc1. The van der Waals surface area contributed by atoms with Gasteiger partial charge in [-0.3, -0.25) is 4.79 Å². The van der Waals surface area contributed by atoms with Crippen molar-refractivity contribution in [3.8, 4) is 0 Å². The van der Waals surface area contributed by atoms with Crippen LogP contribution in [0.25, 0.3) is 0 Å². The Morgan fingerprint density at radius 3 is 2.61 bits per heavy atom. The second-order valence-corrected chi connectivity index (χ2v) is 5.87. The molecule has 1 unspecified atom stereocenters. The molecule has 0 N–H and O–H groups in total. The molecule has 0 radical (unpaired) electrons. The highest BCUT2D eigenvalue weighted by Gasteiger charge is 2.38. The Morgan fingerprint density at radius 2 is 1.94 bits per heavy atom. The number of halogens is 1. The Balaban J connectivity index is 1.67. The maximum Gasteiger partial charge on any atom is 0.225 e. The van der Waals surface area contributed by atoms with Crippen LogP contribution in [0.5, 0.6) is 0 Å². The van der Waals surface area contributed by atoms with Crippen molar-refractivity contribution in [2.45, 2.75) is 38.1 Å². The van der Waals surface area contributed by atoms with E-state index in [4.69, 9.17) is 11.6 Å². The number of carbonyl (C=O) groups excluding carboxylic acids is 1. The molecule has 1 aromatic carbocycles. The third-order valence-electron chi connectivity index (χ3n) is 3.97. The Hall–Kier alpha value is -1.02. The van der Waals surface area contributed by atoms with Crippen molar-refractivity contribution in [2.75, 3.05) is 6.54 Å². The smallest absolute Gasteiger partial charge is 0.225 e. The zero-order valence-electron chi connectivity index (χ0n) is 10.4. The Bertz CT molecular complexity index is 438. The topological polar surface area (TPSA) is 20.3 Å². The van der Waals surface area contributed by atoms with E-state index in [1.54, 1.807) is 0 Å². The minimum atomic E-state index is 0.343. The predicted molar refractivity (Wildman–Crippen MR) is 72.6 cm³/mol. The van der Waals surface area contributed by atoms with Crippen LogP contribution in [0.15, 0.2) is 24.3 Å². The highest BCUT2D eigenvalue weighted by Crippen LogP contribution is 2.34. The molecule has 1 saturated heterocycles. The molecule has 0 aromatic heterocycles. The van der Waals surface area contributed by atoms with Crippen molar-refractivity contribution in [3.05, 3.63) is 34.9 Å². The highest BCUT2D eigenvalue weighted by atomic mass is 35.5. The van der Waals surface area contributed by atoms with E-state index in [9.17, 15) is 4.79 Å². The first kappa shape index (κ1) is 12.0. The fourth-order valence-corrected chi connectivity index (χ4v) is 2.92. The van der Waals surface area contributed by atoms with E-state index >= 15 is 0 Å². The van der Waals surface area contributed by atoms with Gasteiger partial charge in [0.2, 0.25) is 5.91 Å². The van der Waals surface area contributed by atoms with E-state index in [1.807, 2.05) is 12.1 Å². The molecule has 2 aliphatic rings. The number of amides is 1. The predicted octanol–water partition coefficient (Wildman–Crippen LogP) is 3.28. The standard InChI is InChI=1S/C15H18ClNO/c16-13-7-3-11(4-8-13)10-14-2-1-9-17(14)15(18)12-5-6-12/h3-4,7-8,12,14H,1-2,5-6,9-10H2. The van der Waals surface area contributed by atoms with Crippen LogP contribution in [0.1, 0.15) is 31.2 Å².